The van der Waals surface area contributed by atoms with E-state index in [9.17, 15) is 4.79 Å². The predicted molar refractivity (Wildman–Crippen MR) is 77.4 cm³/mol. The van der Waals surface area contributed by atoms with Crippen LogP contribution in [0.2, 0.25) is 0 Å². The summed E-state index contributed by atoms with van der Waals surface area (Å²) in [6, 6.07) is 14.1. The second kappa shape index (κ2) is 6.14. The number of anilines is 1. The van der Waals surface area contributed by atoms with E-state index in [1.54, 1.807) is 18.3 Å². The van der Waals surface area contributed by atoms with Gasteiger partial charge in [0, 0.05) is 18.8 Å². The summed E-state index contributed by atoms with van der Waals surface area (Å²) in [4.78, 5) is 17.6. The molecule has 0 unspecified atom stereocenters. The van der Waals surface area contributed by atoms with Crippen molar-refractivity contribution >= 4 is 12.1 Å². The Morgan fingerprint density at radius 2 is 1.89 bits per heavy atom. The van der Waals surface area contributed by atoms with Crippen LogP contribution >= 0.6 is 0 Å². The van der Waals surface area contributed by atoms with E-state index in [1.165, 1.54) is 5.56 Å². The number of hydrogen-bond donors (Lipinski definition) is 0. The monoisotopic (exact) mass is 254 g/mol. The average Bonchev–Trinajstić information content (AvgIpc) is 2.45. The molecular formula is C16H18N2O. The highest BCUT2D eigenvalue weighted by Crippen LogP contribution is 2.20. The number of pyridine rings is 1. The summed E-state index contributed by atoms with van der Waals surface area (Å²) in [6.07, 6.45) is 2.59. The van der Waals surface area contributed by atoms with E-state index in [2.05, 4.69) is 35.9 Å². The molecule has 0 aliphatic heterocycles. The maximum atomic E-state index is 11.1. The molecule has 0 amide bonds. The quantitative estimate of drug-likeness (QED) is 0.767. The number of carbonyl (C=O) groups excluding carboxylic acids is 1. The topological polar surface area (TPSA) is 33.2 Å². The summed E-state index contributed by atoms with van der Waals surface area (Å²) in [5.41, 5.74) is 1.84. The minimum atomic E-state index is 0.272. The molecule has 0 fully saturated rings. The number of aldehydes is 1. The lowest BCUT2D eigenvalue weighted by atomic mass is 10.1. The standard InChI is InChI=1S/C16H18N2O/c1-13(2)18(11-14-7-4-3-5-8-14)16-15(12-19)9-6-10-17-16/h3-10,12-13H,11H2,1-2H3. The zero-order valence-electron chi connectivity index (χ0n) is 11.3. The predicted octanol–water partition coefficient (Wildman–Crippen LogP) is 3.31. The number of benzene rings is 1. The molecule has 1 aromatic heterocycles. The minimum absolute atomic E-state index is 0.272. The van der Waals surface area contributed by atoms with E-state index in [1.807, 2.05) is 18.2 Å². The summed E-state index contributed by atoms with van der Waals surface area (Å²) >= 11 is 0. The fourth-order valence-corrected chi connectivity index (χ4v) is 2.02. The van der Waals surface area contributed by atoms with Gasteiger partial charge in [-0.1, -0.05) is 30.3 Å². The molecule has 0 N–H and O–H groups in total. The molecule has 1 heterocycles. The lowest BCUT2D eigenvalue weighted by molar-refractivity contribution is 0.112. The molecule has 0 saturated heterocycles. The van der Waals surface area contributed by atoms with Crippen LogP contribution in [-0.4, -0.2) is 17.3 Å². The fraction of sp³-hybridized carbons (Fsp3) is 0.250. The van der Waals surface area contributed by atoms with Crippen LogP contribution in [0.15, 0.2) is 48.7 Å². The molecule has 3 nitrogen and oxygen atoms in total. The molecule has 19 heavy (non-hydrogen) atoms. The second-order valence-electron chi connectivity index (χ2n) is 4.74. The Morgan fingerprint density at radius 3 is 2.53 bits per heavy atom. The third-order valence-electron chi connectivity index (χ3n) is 3.03. The average molecular weight is 254 g/mol. The van der Waals surface area contributed by atoms with Gasteiger partial charge in [0.15, 0.2) is 6.29 Å². The zero-order chi connectivity index (χ0) is 13.7. The number of hydrogen-bond acceptors (Lipinski definition) is 3. The molecule has 0 aliphatic carbocycles. The van der Waals surface area contributed by atoms with Crippen molar-refractivity contribution < 1.29 is 4.79 Å². The van der Waals surface area contributed by atoms with Crippen LogP contribution in [0, 0.1) is 0 Å². The van der Waals surface area contributed by atoms with Crippen molar-refractivity contribution in [3.63, 3.8) is 0 Å². The number of nitrogens with zero attached hydrogens (tertiary/aromatic N) is 2. The molecule has 2 rings (SSSR count). The molecule has 0 atom stereocenters. The molecule has 0 spiro atoms. The van der Waals surface area contributed by atoms with Crippen molar-refractivity contribution in [1.29, 1.82) is 0 Å². The van der Waals surface area contributed by atoms with Crippen molar-refractivity contribution in [2.75, 3.05) is 4.90 Å². The fourth-order valence-electron chi connectivity index (χ4n) is 2.02. The molecule has 0 radical (unpaired) electrons. The first kappa shape index (κ1) is 13.3. The molecule has 1 aromatic carbocycles. The highest BCUT2D eigenvalue weighted by atomic mass is 16.1. The first-order chi connectivity index (χ1) is 9.22. The Kier molecular flexibility index (Phi) is 4.29. The SMILES string of the molecule is CC(C)N(Cc1ccccc1)c1ncccc1C=O. The first-order valence-electron chi connectivity index (χ1n) is 6.43. The summed E-state index contributed by atoms with van der Waals surface area (Å²) in [6.45, 7) is 4.95. The Hall–Kier alpha value is -2.16. The third kappa shape index (κ3) is 3.19. The van der Waals surface area contributed by atoms with Gasteiger partial charge < -0.3 is 4.90 Å². The number of rotatable bonds is 5. The van der Waals surface area contributed by atoms with Crippen LogP contribution in [-0.2, 0) is 6.54 Å². The number of carbonyl (C=O) groups is 1. The molecule has 0 aliphatic rings. The summed E-state index contributed by atoms with van der Waals surface area (Å²) in [7, 11) is 0. The first-order valence-corrected chi connectivity index (χ1v) is 6.43. The van der Waals surface area contributed by atoms with Gasteiger partial charge in [-0.3, -0.25) is 4.79 Å². The summed E-state index contributed by atoms with van der Waals surface area (Å²) in [5, 5.41) is 0. The van der Waals surface area contributed by atoms with Gasteiger partial charge in [0.2, 0.25) is 0 Å². The minimum Gasteiger partial charge on any atom is -0.349 e. The van der Waals surface area contributed by atoms with E-state index in [4.69, 9.17) is 0 Å². The molecule has 3 heteroatoms. The van der Waals surface area contributed by atoms with Crippen LogP contribution in [0.4, 0.5) is 5.82 Å². The largest absolute Gasteiger partial charge is 0.349 e. The Balaban J connectivity index is 2.33. The zero-order valence-corrected chi connectivity index (χ0v) is 11.3. The molecule has 0 saturated carbocycles. The van der Waals surface area contributed by atoms with E-state index in [-0.39, 0.29) is 6.04 Å². The second-order valence-corrected chi connectivity index (χ2v) is 4.74. The van der Waals surface area contributed by atoms with Gasteiger partial charge >= 0.3 is 0 Å². The van der Waals surface area contributed by atoms with Crippen LogP contribution in [0.3, 0.4) is 0 Å². The van der Waals surface area contributed by atoms with E-state index < -0.39 is 0 Å². The van der Waals surface area contributed by atoms with Crippen molar-refractivity contribution in [2.24, 2.45) is 0 Å². The summed E-state index contributed by atoms with van der Waals surface area (Å²) < 4.78 is 0. The molecule has 98 valence electrons. The smallest absolute Gasteiger partial charge is 0.153 e. The van der Waals surface area contributed by atoms with Crippen molar-refractivity contribution in [2.45, 2.75) is 26.4 Å². The summed E-state index contributed by atoms with van der Waals surface area (Å²) in [5.74, 6) is 0.747. The lowest BCUT2D eigenvalue weighted by Crippen LogP contribution is -2.31. The Labute approximate surface area is 113 Å². The molecule has 2 aromatic rings. The lowest BCUT2D eigenvalue weighted by Gasteiger charge is -2.28. The van der Waals surface area contributed by atoms with E-state index >= 15 is 0 Å². The Bertz CT molecular complexity index is 537. The van der Waals surface area contributed by atoms with Crippen molar-refractivity contribution in [3.05, 3.63) is 59.8 Å². The van der Waals surface area contributed by atoms with E-state index in [0.717, 1.165) is 18.6 Å². The van der Waals surface area contributed by atoms with Crippen LogP contribution in [0.1, 0.15) is 29.8 Å². The molecular weight excluding hydrogens is 236 g/mol. The highest BCUT2D eigenvalue weighted by Gasteiger charge is 2.15. The normalized spacial score (nSPS) is 10.5. The van der Waals surface area contributed by atoms with Crippen LogP contribution in [0.5, 0.6) is 0 Å². The molecule has 0 bridgehead atoms. The third-order valence-corrected chi connectivity index (χ3v) is 3.03. The number of aromatic nitrogens is 1. The van der Waals surface area contributed by atoms with Gasteiger partial charge in [-0.05, 0) is 31.5 Å². The van der Waals surface area contributed by atoms with Crippen LogP contribution < -0.4 is 4.90 Å². The van der Waals surface area contributed by atoms with Crippen molar-refractivity contribution in [1.82, 2.24) is 4.98 Å². The van der Waals surface area contributed by atoms with Gasteiger partial charge in [0.05, 0.1) is 5.56 Å². The van der Waals surface area contributed by atoms with Gasteiger partial charge in [-0.2, -0.15) is 0 Å². The van der Waals surface area contributed by atoms with E-state index in [0.29, 0.717) is 5.56 Å². The van der Waals surface area contributed by atoms with Gasteiger partial charge in [0.1, 0.15) is 5.82 Å². The Morgan fingerprint density at radius 1 is 1.16 bits per heavy atom. The van der Waals surface area contributed by atoms with Gasteiger partial charge in [-0.15, -0.1) is 0 Å². The van der Waals surface area contributed by atoms with Gasteiger partial charge in [0.25, 0.3) is 0 Å². The van der Waals surface area contributed by atoms with Gasteiger partial charge in [-0.25, -0.2) is 4.98 Å². The van der Waals surface area contributed by atoms with Crippen LogP contribution in [0.25, 0.3) is 0 Å². The maximum absolute atomic E-state index is 11.1. The highest BCUT2D eigenvalue weighted by molar-refractivity contribution is 5.82. The van der Waals surface area contributed by atoms with Crippen molar-refractivity contribution in [3.8, 4) is 0 Å². The maximum Gasteiger partial charge on any atom is 0.153 e.